The molecular formula is C20H16Cl2N4O3. The van der Waals surface area contributed by atoms with Gasteiger partial charge >= 0.3 is 5.97 Å². The van der Waals surface area contributed by atoms with Crippen LogP contribution in [-0.4, -0.2) is 36.6 Å². The third kappa shape index (κ3) is 4.25. The van der Waals surface area contributed by atoms with Crippen LogP contribution >= 0.6 is 23.2 Å². The van der Waals surface area contributed by atoms with E-state index in [4.69, 9.17) is 32.7 Å². The zero-order valence-electron chi connectivity index (χ0n) is 15.6. The minimum atomic E-state index is -1.01. The molecule has 1 aromatic heterocycles. The normalized spacial score (nSPS) is 17.2. The number of anilines is 1. The number of halogens is 2. The predicted molar refractivity (Wildman–Crippen MR) is 110 cm³/mol. The average Bonchev–Trinajstić information content (AvgIpc) is 2.86. The zero-order chi connectivity index (χ0) is 21.0. The summed E-state index contributed by atoms with van der Waals surface area (Å²) in [5, 5.41) is 13.3. The van der Waals surface area contributed by atoms with Gasteiger partial charge in [0, 0.05) is 12.7 Å². The van der Waals surface area contributed by atoms with E-state index in [0.717, 1.165) is 0 Å². The number of rotatable bonds is 4. The van der Waals surface area contributed by atoms with E-state index in [1.165, 1.54) is 7.11 Å². The summed E-state index contributed by atoms with van der Waals surface area (Å²) in [5.41, 5.74) is 1.79. The third-order valence-corrected chi connectivity index (χ3v) is 4.60. The molecule has 1 N–H and O–H groups in total. The number of fused-ring (bicyclic) bond motifs is 1. The average molecular weight is 431 g/mol. The second-order valence-electron chi connectivity index (χ2n) is 5.82. The molecule has 0 aliphatic carbocycles. The van der Waals surface area contributed by atoms with Crippen molar-refractivity contribution in [3.8, 4) is 6.07 Å². The van der Waals surface area contributed by atoms with Crippen LogP contribution in [0.25, 0.3) is 0 Å². The fourth-order valence-corrected chi connectivity index (χ4v) is 3.17. The van der Waals surface area contributed by atoms with Gasteiger partial charge < -0.3 is 14.8 Å². The number of aliphatic imine (C=N–C) groups is 1. The number of nitrogens with zero attached hydrogens (tertiary/aromatic N) is 3. The molecule has 1 aliphatic rings. The number of carbonyl (C=O) groups excluding carboxylic acids is 1. The Morgan fingerprint density at radius 1 is 1.28 bits per heavy atom. The van der Waals surface area contributed by atoms with Gasteiger partial charge in [-0.3, -0.25) is 0 Å². The van der Waals surface area contributed by atoms with Crippen LogP contribution in [-0.2, 0) is 14.3 Å². The van der Waals surface area contributed by atoms with Gasteiger partial charge in [0.15, 0.2) is 11.8 Å². The van der Waals surface area contributed by atoms with Gasteiger partial charge in [-0.25, -0.2) is 14.8 Å². The minimum Gasteiger partial charge on any atom is -0.462 e. The summed E-state index contributed by atoms with van der Waals surface area (Å²) in [6.45, 7) is 1.78. The molecular weight excluding hydrogens is 415 g/mol. The molecule has 29 heavy (non-hydrogen) atoms. The topological polar surface area (TPSA) is 96.6 Å². The van der Waals surface area contributed by atoms with E-state index in [2.05, 4.69) is 15.3 Å². The van der Waals surface area contributed by atoms with Crippen LogP contribution in [0.1, 0.15) is 18.2 Å². The number of benzene rings is 1. The number of carbonyl (C=O) groups is 1. The molecule has 0 radical (unpaired) electrons. The van der Waals surface area contributed by atoms with E-state index < -0.39 is 12.2 Å². The Kier molecular flexibility index (Phi) is 6.49. The Hall–Kier alpha value is -2.92. The number of ether oxygens (including phenoxy) is 2. The molecule has 1 unspecified atom stereocenters. The highest BCUT2D eigenvalue weighted by atomic mass is 35.5. The first-order chi connectivity index (χ1) is 14.0. The Bertz CT molecular complexity index is 1060. The molecule has 148 valence electrons. The number of esters is 1. The molecule has 1 aromatic carbocycles. The SMILES string of the molecule is CCOC(=O)/C(C#N)=C1\Nc2ccc(Cl)nc2C(c2ccccc2Cl)=NC1OC. The number of aromatic nitrogens is 1. The Morgan fingerprint density at radius 3 is 2.69 bits per heavy atom. The van der Waals surface area contributed by atoms with Crippen molar-refractivity contribution in [1.29, 1.82) is 5.26 Å². The predicted octanol–water partition coefficient (Wildman–Crippen LogP) is 3.96. The van der Waals surface area contributed by atoms with Gasteiger partial charge in [0.1, 0.15) is 16.9 Å². The van der Waals surface area contributed by atoms with Crippen LogP contribution in [0.3, 0.4) is 0 Å². The first-order valence-electron chi connectivity index (χ1n) is 8.61. The van der Waals surface area contributed by atoms with Crippen molar-refractivity contribution in [3.63, 3.8) is 0 Å². The highest BCUT2D eigenvalue weighted by Crippen LogP contribution is 2.31. The van der Waals surface area contributed by atoms with E-state index in [1.54, 1.807) is 37.3 Å². The molecule has 0 saturated heterocycles. The lowest BCUT2D eigenvalue weighted by molar-refractivity contribution is -0.138. The van der Waals surface area contributed by atoms with E-state index in [0.29, 0.717) is 27.7 Å². The van der Waals surface area contributed by atoms with Gasteiger partial charge in [-0.15, -0.1) is 0 Å². The Morgan fingerprint density at radius 2 is 2.03 bits per heavy atom. The number of hydrogen-bond donors (Lipinski definition) is 1. The highest BCUT2D eigenvalue weighted by molar-refractivity contribution is 6.36. The minimum absolute atomic E-state index is 0.122. The van der Waals surface area contributed by atoms with Crippen molar-refractivity contribution in [1.82, 2.24) is 4.98 Å². The summed E-state index contributed by atoms with van der Waals surface area (Å²) in [6, 6.07) is 12.2. The van der Waals surface area contributed by atoms with Crippen molar-refractivity contribution in [3.05, 3.63) is 69.1 Å². The number of methoxy groups -OCH3 is 1. The third-order valence-electron chi connectivity index (χ3n) is 4.06. The molecule has 3 rings (SSSR count). The fourth-order valence-electron chi connectivity index (χ4n) is 2.79. The van der Waals surface area contributed by atoms with E-state index in [9.17, 15) is 10.1 Å². The molecule has 1 atom stereocenters. The highest BCUT2D eigenvalue weighted by Gasteiger charge is 2.30. The number of pyridine rings is 1. The Labute approximate surface area is 177 Å². The van der Waals surface area contributed by atoms with E-state index in [1.807, 2.05) is 12.1 Å². The molecule has 0 saturated carbocycles. The second-order valence-corrected chi connectivity index (χ2v) is 6.62. The van der Waals surface area contributed by atoms with Gasteiger partial charge in [-0.05, 0) is 25.1 Å². The molecule has 1 aliphatic heterocycles. The fraction of sp³-hybridized carbons (Fsp3) is 0.200. The lowest BCUT2D eigenvalue weighted by Gasteiger charge is -2.16. The molecule has 0 fully saturated rings. The second kappa shape index (κ2) is 9.05. The first-order valence-corrected chi connectivity index (χ1v) is 9.36. The van der Waals surface area contributed by atoms with Crippen LogP contribution in [0.15, 0.2) is 52.7 Å². The maximum atomic E-state index is 12.3. The van der Waals surface area contributed by atoms with Crippen molar-refractivity contribution in [2.75, 3.05) is 19.0 Å². The molecule has 0 bridgehead atoms. The molecule has 2 aromatic rings. The maximum absolute atomic E-state index is 12.3. The molecule has 2 heterocycles. The largest absolute Gasteiger partial charge is 0.462 e. The quantitative estimate of drug-likeness (QED) is 0.341. The van der Waals surface area contributed by atoms with Crippen LogP contribution in [0.2, 0.25) is 10.2 Å². The van der Waals surface area contributed by atoms with Crippen molar-refractivity contribution in [2.45, 2.75) is 13.2 Å². The summed E-state index contributed by atoms with van der Waals surface area (Å²) in [7, 11) is 1.41. The lowest BCUT2D eigenvalue weighted by atomic mass is 10.1. The summed E-state index contributed by atoms with van der Waals surface area (Å²) >= 11 is 12.5. The van der Waals surface area contributed by atoms with E-state index in [-0.39, 0.29) is 23.0 Å². The number of hydrogen-bond acceptors (Lipinski definition) is 7. The standard InChI is InChI=1S/C20H16Cl2N4O3/c1-3-29-20(27)12(10-23)17-19(28-2)26-16(11-6-4-5-7-13(11)21)18-14(24-17)8-9-15(22)25-18/h4-9,19,24H,3H2,1-2H3/b17-12-. The Balaban J connectivity index is 2.30. The van der Waals surface area contributed by atoms with Gasteiger partial charge in [-0.1, -0.05) is 41.4 Å². The van der Waals surface area contributed by atoms with Crippen molar-refractivity contribution >= 4 is 40.6 Å². The summed E-state index contributed by atoms with van der Waals surface area (Å²) in [5.74, 6) is -0.778. The van der Waals surface area contributed by atoms with Gasteiger partial charge in [0.05, 0.1) is 28.7 Å². The number of nitrogens with one attached hydrogen (secondary N) is 1. The van der Waals surface area contributed by atoms with Gasteiger partial charge in [0.25, 0.3) is 0 Å². The van der Waals surface area contributed by atoms with Crippen molar-refractivity contribution < 1.29 is 14.3 Å². The summed E-state index contributed by atoms with van der Waals surface area (Å²) in [6.07, 6.45) is -1.01. The van der Waals surface area contributed by atoms with E-state index >= 15 is 0 Å². The molecule has 0 amide bonds. The van der Waals surface area contributed by atoms with Gasteiger partial charge in [0.2, 0.25) is 0 Å². The monoisotopic (exact) mass is 430 g/mol. The van der Waals surface area contributed by atoms with Crippen molar-refractivity contribution in [2.24, 2.45) is 4.99 Å². The molecule has 9 heteroatoms. The molecule has 7 nitrogen and oxygen atoms in total. The smallest absolute Gasteiger partial charge is 0.350 e. The van der Waals surface area contributed by atoms with Crippen LogP contribution in [0, 0.1) is 11.3 Å². The van der Waals surface area contributed by atoms with Crippen LogP contribution in [0.4, 0.5) is 5.69 Å². The van der Waals surface area contributed by atoms with Crippen LogP contribution < -0.4 is 5.32 Å². The summed E-state index contributed by atoms with van der Waals surface area (Å²) in [4.78, 5) is 21.3. The van der Waals surface area contributed by atoms with Gasteiger partial charge in [-0.2, -0.15) is 5.26 Å². The summed E-state index contributed by atoms with van der Waals surface area (Å²) < 4.78 is 10.5. The number of nitriles is 1. The maximum Gasteiger partial charge on any atom is 0.350 e. The first kappa shape index (κ1) is 20.8. The zero-order valence-corrected chi connectivity index (χ0v) is 17.1. The molecule has 0 spiro atoms. The van der Waals surface area contributed by atoms with Crippen LogP contribution in [0.5, 0.6) is 0 Å². The lowest BCUT2D eigenvalue weighted by Crippen LogP contribution is -2.22.